The van der Waals surface area contributed by atoms with Gasteiger partial charge in [-0.2, -0.15) is 5.10 Å². The third-order valence-electron chi connectivity index (χ3n) is 5.44. The van der Waals surface area contributed by atoms with Gasteiger partial charge in [0.2, 0.25) is 0 Å². The van der Waals surface area contributed by atoms with E-state index in [1.807, 2.05) is 31.2 Å². The molecule has 1 atom stereocenters. The number of carboxylic acid groups (broad SMARTS) is 1. The summed E-state index contributed by atoms with van der Waals surface area (Å²) >= 11 is 16.0. The number of nitrogens with zero attached hydrogens (tertiary/aromatic N) is 2. The monoisotopic (exact) mass is 571 g/mol. The molecule has 2 N–H and O–H groups in total. The van der Waals surface area contributed by atoms with Crippen molar-refractivity contribution in [3.05, 3.63) is 104 Å². The molecule has 0 saturated heterocycles. The second kappa shape index (κ2) is 10.6. The summed E-state index contributed by atoms with van der Waals surface area (Å²) in [6.07, 6.45) is -0.405. The molecule has 1 aromatic heterocycles. The van der Waals surface area contributed by atoms with Crippen molar-refractivity contribution in [2.75, 3.05) is 0 Å². The van der Waals surface area contributed by atoms with Gasteiger partial charge in [-0.1, -0.05) is 75.5 Å². The van der Waals surface area contributed by atoms with Gasteiger partial charge >= 0.3 is 5.97 Å². The number of hydrogen-bond acceptors (Lipinski definition) is 3. The summed E-state index contributed by atoms with van der Waals surface area (Å²) in [5.41, 5.74) is 2.81. The molecule has 1 amide bonds. The maximum Gasteiger partial charge on any atom is 0.307 e. The maximum absolute atomic E-state index is 13.4. The van der Waals surface area contributed by atoms with E-state index in [0.29, 0.717) is 27.0 Å². The van der Waals surface area contributed by atoms with Crippen LogP contribution in [0.4, 0.5) is 0 Å². The molecule has 0 bridgehead atoms. The van der Waals surface area contributed by atoms with E-state index in [4.69, 9.17) is 23.2 Å². The van der Waals surface area contributed by atoms with Crippen LogP contribution < -0.4 is 5.32 Å². The Morgan fingerprint density at radius 1 is 1.03 bits per heavy atom. The fourth-order valence-corrected chi connectivity index (χ4v) is 4.36. The van der Waals surface area contributed by atoms with Crippen LogP contribution in [0, 0.1) is 0 Å². The molecule has 4 rings (SSSR count). The fraction of sp³-hybridized carbons (Fsp3) is 0.115. The molecule has 0 radical (unpaired) electrons. The van der Waals surface area contributed by atoms with E-state index in [9.17, 15) is 14.7 Å². The molecule has 0 saturated carbocycles. The Kier molecular flexibility index (Phi) is 7.60. The zero-order valence-corrected chi connectivity index (χ0v) is 21.6. The first-order valence-electron chi connectivity index (χ1n) is 10.7. The van der Waals surface area contributed by atoms with Crippen LogP contribution in [0.1, 0.15) is 34.6 Å². The lowest BCUT2D eigenvalue weighted by molar-refractivity contribution is -0.136. The number of aliphatic carboxylic acids is 1. The first-order valence-corrected chi connectivity index (χ1v) is 12.2. The molecule has 0 aliphatic rings. The largest absolute Gasteiger partial charge is 0.481 e. The van der Waals surface area contributed by atoms with Gasteiger partial charge in [0, 0.05) is 20.6 Å². The molecular weight excluding hydrogens is 553 g/mol. The Morgan fingerprint density at radius 3 is 2.31 bits per heavy atom. The van der Waals surface area contributed by atoms with E-state index in [0.717, 1.165) is 10.0 Å². The van der Waals surface area contributed by atoms with Crippen molar-refractivity contribution in [2.45, 2.75) is 19.4 Å². The number of hydrogen-bond donors (Lipinski definition) is 2. The summed E-state index contributed by atoms with van der Waals surface area (Å²) in [5, 5.41) is 18.1. The SMILES string of the molecule is C[C@@H](NC(=O)c1nn(-c2ccccc2Cl)c(-c2ccc(Cl)cc2)c1CC(=O)O)c1ccc(Br)cc1. The number of halogens is 3. The highest BCUT2D eigenvalue weighted by atomic mass is 79.9. The van der Waals surface area contributed by atoms with Crippen LogP contribution in [0.15, 0.2) is 77.3 Å². The van der Waals surface area contributed by atoms with Crippen LogP contribution in [0.5, 0.6) is 0 Å². The average molecular weight is 573 g/mol. The lowest BCUT2D eigenvalue weighted by Crippen LogP contribution is -2.28. The van der Waals surface area contributed by atoms with E-state index in [-0.39, 0.29) is 17.3 Å². The van der Waals surface area contributed by atoms with E-state index < -0.39 is 18.3 Å². The Bertz CT molecular complexity index is 1390. The molecule has 4 aromatic rings. The predicted molar refractivity (Wildman–Crippen MR) is 140 cm³/mol. The standard InChI is InChI=1S/C26H20BrCl2N3O3/c1-15(16-6-10-18(27)11-7-16)30-26(35)24-20(14-23(33)34)25(17-8-12-19(28)13-9-17)32(31-24)22-5-3-2-4-21(22)29/h2-13,15H,14H2,1H3,(H,30,35)(H,33,34)/t15-/m1/s1. The summed E-state index contributed by atoms with van der Waals surface area (Å²) < 4.78 is 2.44. The first kappa shape index (κ1) is 25.0. The van der Waals surface area contributed by atoms with Gasteiger partial charge in [-0.15, -0.1) is 0 Å². The zero-order valence-electron chi connectivity index (χ0n) is 18.5. The average Bonchev–Trinajstić information content (AvgIpc) is 3.18. The number of nitrogens with one attached hydrogen (secondary N) is 1. The highest BCUT2D eigenvalue weighted by Crippen LogP contribution is 2.33. The van der Waals surface area contributed by atoms with Gasteiger partial charge < -0.3 is 10.4 Å². The van der Waals surface area contributed by atoms with Crippen molar-refractivity contribution in [3.8, 4) is 16.9 Å². The number of carbonyl (C=O) groups excluding carboxylic acids is 1. The molecule has 0 fully saturated rings. The van der Waals surface area contributed by atoms with Crippen LogP contribution in [-0.4, -0.2) is 26.8 Å². The van der Waals surface area contributed by atoms with E-state index in [2.05, 4.69) is 26.3 Å². The van der Waals surface area contributed by atoms with Crippen molar-refractivity contribution in [2.24, 2.45) is 0 Å². The van der Waals surface area contributed by atoms with Gasteiger partial charge in [0.1, 0.15) is 0 Å². The number of carbonyl (C=O) groups is 2. The van der Waals surface area contributed by atoms with Crippen molar-refractivity contribution in [1.29, 1.82) is 0 Å². The van der Waals surface area contributed by atoms with Crippen LogP contribution in [-0.2, 0) is 11.2 Å². The lowest BCUT2D eigenvalue weighted by atomic mass is 10.0. The zero-order chi connectivity index (χ0) is 25.1. The molecule has 35 heavy (non-hydrogen) atoms. The van der Waals surface area contributed by atoms with Crippen molar-refractivity contribution >= 4 is 51.0 Å². The van der Waals surface area contributed by atoms with E-state index in [1.54, 1.807) is 48.5 Å². The lowest BCUT2D eigenvalue weighted by Gasteiger charge is -2.14. The Labute approximate surface area is 220 Å². The number of benzene rings is 3. The molecular formula is C26H20BrCl2N3O3. The molecule has 1 heterocycles. The minimum absolute atomic E-state index is 0.0150. The van der Waals surface area contributed by atoms with Crippen molar-refractivity contribution in [1.82, 2.24) is 15.1 Å². The van der Waals surface area contributed by atoms with Gasteiger partial charge in [0.05, 0.1) is 28.9 Å². The molecule has 0 spiro atoms. The minimum atomic E-state index is -1.09. The Balaban J connectivity index is 1.86. The highest BCUT2D eigenvalue weighted by molar-refractivity contribution is 9.10. The molecule has 178 valence electrons. The smallest absolute Gasteiger partial charge is 0.307 e. The van der Waals surface area contributed by atoms with Gasteiger partial charge in [-0.05, 0) is 48.9 Å². The maximum atomic E-state index is 13.4. The van der Waals surface area contributed by atoms with Crippen molar-refractivity contribution < 1.29 is 14.7 Å². The van der Waals surface area contributed by atoms with Crippen molar-refractivity contribution in [3.63, 3.8) is 0 Å². The third kappa shape index (κ3) is 5.59. The Hall–Kier alpha value is -3.13. The normalized spacial score (nSPS) is 11.8. The second-order valence-electron chi connectivity index (χ2n) is 7.86. The number of amides is 1. The topological polar surface area (TPSA) is 84.2 Å². The predicted octanol–water partition coefficient (Wildman–Crippen LogP) is 6.73. The number of rotatable bonds is 7. The van der Waals surface area contributed by atoms with Gasteiger partial charge in [0.25, 0.3) is 5.91 Å². The second-order valence-corrected chi connectivity index (χ2v) is 9.62. The summed E-state index contributed by atoms with van der Waals surface area (Å²) in [6, 6.07) is 21.2. The van der Waals surface area contributed by atoms with Gasteiger partial charge in [-0.3, -0.25) is 9.59 Å². The van der Waals surface area contributed by atoms with Gasteiger partial charge in [-0.25, -0.2) is 4.68 Å². The summed E-state index contributed by atoms with van der Waals surface area (Å²) in [7, 11) is 0. The third-order valence-corrected chi connectivity index (χ3v) is 6.54. The summed E-state index contributed by atoms with van der Waals surface area (Å²) in [5.74, 6) is -1.58. The molecule has 3 aromatic carbocycles. The van der Waals surface area contributed by atoms with E-state index in [1.165, 1.54) is 4.68 Å². The summed E-state index contributed by atoms with van der Waals surface area (Å²) in [4.78, 5) is 25.3. The minimum Gasteiger partial charge on any atom is -0.481 e. The quantitative estimate of drug-likeness (QED) is 0.257. The Morgan fingerprint density at radius 2 is 1.69 bits per heavy atom. The number of para-hydroxylation sites is 1. The number of aromatic nitrogens is 2. The van der Waals surface area contributed by atoms with Crippen LogP contribution in [0.2, 0.25) is 10.0 Å². The molecule has 9 heteroatoms. The molecule has 0 aliphatic heterocycles. The van der Waals surface area contributed by atoms with E-state index >= 15 is 0 Å². The molecule has 0 unspecified atom stereocenters. The van der Waals surface area contributed by atoms with Crippen LogP contribution >= 0.6 is 39.1 Å². The first-order chi connectivity index (χ1) is 16.7. The van der Waals surface area contributed by atoms with Gasteiger partial charge in [0.15, 0.2) is 5.69 Å². The van der Waals surface area contributed by atoms with Crippen LogP contribution in [0.3, 0.4) is 0 Å². The molecule has 0 aliphatic carbocycles. The molecule has 6 nitrogen and oxygen atoms in total. The number of carboxylic acids is 1. The summed E-state index contributed by atoms with van der Waals surface area (Å²) in [6.45, 7) is 1.85. The highest BCUT2D eigenvalue weighted by Gasteiger charge is 2.28. The fourth-order valence-electron chi connectivity index (χ4n) is 3.75. The van der Waals surface area contributed by atoms with Crippen LogP contribution in [0.25, 0.3) is 16.9 Å².